The van der Waals surface area contributed by atoms with Gasteiger partial charge in [-0.1, -0.05) is 47.6 Å². The number of hydrogen-bond acceptors (Lipinski definition) is 5. The maximum atomic E-state index is 12.2. The van der Waals surface area contributed by atoms with Crippen molar-refractivity contribution in [2.75, 3.05) is 0 Å². The molecule has 1 heterocycles. The Kier molecular flexibility index (Phi) is 5.09. The second-order valence-corrected chi connectivity index (χ2v) is 5.67. The maximum absolute atomic E-state index is 12.2. The molecule has 0 fully saturated rings. The molecule has 0 bridgehead atoms. The topological polar surface area (TPSA) is 77.2 Å². The molecule has 25 heavy (non-hydrogen) atoms. The van der Waals surface area contributed by atoms with Gasteiger partial charge in [-0.3, -0.25) is 4.79 Å². The van der Waals surface area contributed by atoms with Crippen LogP contribution >= 0.6 is 0 Å². The predicted octanol–water partition coefficient (Wildman–Crippen LogP) is 3.13. The number of benzene rings is 2. The van der Waals surface area contributed by atoms with E-state index in [1.165, 1.54) is 0 Å². The van der Waals surface area contributed by atoms with E-state index in [0.717, 1.165) is 11.1 Å². The van der Waals surface area contributed by atoms with E-state index in [1.807, 2.05) is 61.5 Å². The molecule has 1 aromatic heterocycles. The van der Waals surface area contributed by atoms with E-state index in [0.29, 0.717) is 17.5 Å². The second kappa shape index (κ2) is 7.61. The number of aromatic nitrogens is 2. The number of ether oxygens (including phenoxy) is 1. The van der Waals surface area contributed by atoms with E-state index < -0.39 is 6.10 Å². The number of carbonyl (C=O) groups is 1. The number of aryl methyl sites for hydroxylation is 1. The number of rotatable bonds is 6. The van der Waals surface area contributed by atoms with Gasteiger partial charge in [-0.25, -0.2) is 0 Å². The van der Waals surface area contributed by atoms with Crippen LogP contribution in [0.5, 0.6) is 5.75 Å². The van der Waals surface area contributed by atoms with Crippen molar-refractivity contribution in [2.24, 2.45) is 0 Å². The predicted molar refractivity (Wildman–Crippen MR) is 92.8 cm³/mol. The summed E-state index contributed by atoms with van der Waals surface area (Å²) >= 11 is 0. The van der Waals surface area contributed by atoms with Crippen LogP contribution in [-0.2, 0) is 11.3 Å². The van der Waals surface area contributed by atoms with Gasteiger partial charge in [-0.05, 0) is 31.5 Å². The summed E-state index contributed by atoms with van der Waals surface area (Å²) in [5, 5.41) is 6.66. The van der Waals surface area contributed by atoms with Gasteiger partial charge in [0, 0.05) is 5.56 Å². The maximum Gasteiger partial charge on any atom is 0.261 e. The molecule has 1 unspecified atom stereocenters. The smallest absolute Gasteiger partial charge is 0.261 e. The molecular formula is C19H19N3O3. The monoisotopic (exact) mass is 337 g/mol. The van der Waals surface area contributed by atoms with Crippen molar-refractivity contribution in [3.05, 3.63) is 66.1 Å². The fraction of sp³-hybridized carbons (Fsp3) is 0.211. The van der Waals surface area contributed by atoms with Gasteiger partial charge < -0.3 is 14.6 Å². The molecule has 6 nitrogen and oxygen atoms in total. The van der Waals surface area contributed by atoms with Crippen LogP contribution in [0.25, 0.3) is 11.4 Å². The third-order valence-corrected chi connectivity index (χ3v) is 3.59. The number of nitrogens with one attached hydrogen (secondary N) is 1. The highest BCUT2D eigenvalue weighted by Crippen LogP contribution is 2.15. The van der Waals surface area contributed by atoms with Crippen LogP contribution in [0.15, 0.2) is 59.1 Å². The van der Waals surface area contributed by atoms with Crippen molar-refractivity contribution in [1.29, 1.82) is 0 Å². The summed E-state index contributed by atoms with van der Waals surface area (Å²) in [6.45, 7) is 3.82. The first-order valence-corrected chi connectivity index (χ1v) is 8.01. The number of carbonyl (C=O) groups excluding carboxylic acids is 1. The molecular weight excluding hydrogens is 318 g/mol. The Morgan fingerprint density at radius 1 is 1.20 bits per heavy atom. The molecule has 0 aliphatic carbocycles. The zero-order chi connectivity index (χ0) is 17.6. The molecule has 0 spiro atoms. The normalized spacial score (nSPS) is 11.8. The number of amides is 1. The lowest BCUT2D eigenvalue weighted by Gasteiger charge is -2.14. The Balaban J connectivity index is 1.54. The van der Waals surface area contributed by atoms with Crippen molar-refractivity contribution in [1.82, 2.24) is 15.5 Å². The standard InChI is InChI=1S/C19H19N3O3/c1-13-7-6-10-16(11-13)24-14(2)19(23)20-12-17-21-18(22-25-17)15-8-4-3-5-9-15/h3-11,14H,12H2,1-2H3,(H,20,23). The van der Waals surface area contributed by atoms with E-state index >= 15 is 0 Å². The number of hydrogen-bond donors (Lipinski definition) is 1. The highest BCUT2D eigenvalue weighted by atomic mass is 16.5. The van der Waals surface area contributed by atoms with Crippen LogP contribution in [0.4, 0.5) is 0 Å². The minimum atomic E-state index is -0.627. The van der Waals surface area contributed by atoms with Gasteiger partial charge in [0.05, 0.1) is 6.54 Å². The first kappa shape index (κ1) is 16.7. The molecule has 3 aromatic rings. The van der Waals surface area contributed by atoms with Crippen LogP contribution in [0.2, 0.25) is 0 Å². The van der Waals surface area contributed by atoms with Crippen LogP contribution < -0.4 is 10.1 Å². The van der Waals surface area contributed by atoms with Crippen LogP contribution in [0.1, 0.15) is 18.4 Å². The van der Waals surface area contributed by atoms with Crippen molar-refractivity contribution in [3.8, 4) is 17.1 Å². The van der Waals surface area contributed by atoms with Gasteiger partial charge in [-0.2, -0.15) is 4.98 Å². The van der Waals surface area contributed by atoms with E-state index in [9.17, 15) is 4.79 Å². The van der Waals surface area contributed by atoms with Crippen LogP contribution in [0.3, 0.4) is 0 Å². The lowest BCUT2D eigenvalue weighted by molar-refractivity contribution is -0.127. The fourth-order valence-corrected chi connectivity index (χ4v) is 2.28. The minimum Gasteiger partial charge on any atom is -0.481 e. The molecule has 0 saturated heterocycles. The summed E-state index contributed by atoms with van der Waals surface area (Å²) in [7, 11) is 0. The lowest BCUT2D eigenvalue weighted by atomic mass is 10.2. The molecule has 3 rings (SSSR count). The average Bonchev–Trinajstić information content (AvgIpc) is 3.09. The zero-order valence-corrected chi connectivity index (χ0v) is 14.1. The zero-order valence-electron chi connectivity index (χ0n) is 14.1. The van der Waals surface area contributed by atoms with E-state index in [4.69, 9.17) is 9.26 Å². The molecule has 128 valence electrons. The Hall–Kier alpha value is -3.15. The molecule has 2 aromatic carbocycles. The summed E-state index contributed by atoms with van der Waals surface area (Å²) in [6.07, 6.45) is -0.627. The molecule has 0 aliphatic rings. The first-order chi connectivity index (χ1) is 12.1. The van der Waals surface area contributed by atoms with Gasteiger partial charge in [0.25, 0.3) is 5.91 Å². The quantitative estimate of drug-likeness (QED) is 0.748. The molecule has 0 radical (unpaired) electrons. The summed E-state index contributed by atoms with van der Waals surface area (Å²) in [5.41, 5.74) is 1.93. The van der Waals surface area contributed by atoms with Crippen LogP contribution in [-0.4, -0.2) is 22.2 Å². The van der Waals surface area contributed by atoms with Crippen molar-refractivity contribution >= 4 is 5.91 Å². The third-order valence-electron chi connectivity index (χ3n) is 3.59. The summed E-state index contributed by atoms with van der Waals surface area (Å²) in [4.78, 5) is 16.4. The second-order valence-electron chi connectivity index (χ2n) is 5.67. The van der Waals surface area contributed by atoms with E-state index in [-0.39, 0.29) is 12.5 Å². The molecule has 1 N–H and O–H groups in total. The molecule has 0 saturated carbocycles. The van der Waals surface area contributed by atoms with Gasteiger partial charge in [0.1, 0.15) is 5.75 Å². The van der Waals surface area contributed by atoms with E-state index in [2.05, 4.69) is 15.5 Å². The SMILES string of the molecule is Cc1cccc(OC(C)C(=O)NCc2nc(-c3ccccc3)no2)c1. The molecule has 0 aliphatic heterocycles. The molecule has 1 atom stereocenters. The van der Waals surface area contributed by atoms with Gasteiger partial charge in [0.2, 0.25) is 11.7 Å². The number of nitrogens with zero attached hydrogens (tertiary/aromatic N) is 2. The lowest BCUT2D eigenvalue weighted by Crippen LogP contribution is -2.36. The van der Waals surface area contributed by atoms with Gasteiger partial charge in [0.15, 0.2) is 6.10 Å². The summed E-state index contributed by atoms with van der Waals surface area (Å²) in [5.74, 6) is 1.25. The van der Waals surface area contributed by atoms with Crippen molar-refractivity contribution < 1.29 is 14.1 Å². The van der Waals surface area contributed by atoms with Crippen molar-refractivity contribution in [2.45, 2.75) is 26.5 Å². The van der Waals surface area contributed by atoms with Crippen LogP contribution in [0, 0.1) is 6.92 Å². The molecule has 6 heteroatoms. The fourth-order valence-electron chi connectivity index (χ4n) is 2.28. The average molecular weight is 337 g/mol. The first-order valence-electron chi connectivity index (χ1n) is 8.01. The Bertz CT molecular complexity index is 846. The van der Waals surface area contributed by atoms with Crippen molar-refractivity contribution in [3.63, 3.8) is 0 Å². The minimum absolute atomic E-state index is 0.153. The third kappa shape index (κ3) is 4.44. The van der Waals surface area contributed by atoms with Gasteiger partial charge in [-0.15, -0.1) is 0 Å². The largest absolute Gasteiger partial charge is 0.481 e. The highest BCUT2D eigenvalue weighted by Gasteiger charge is 2.16. The molecule has 1 amide bonds. The Morgan fingerprint density at radius 2 is 2.00 bits per heavy atom. The van der Waals surface area contributed by atoms with E-state index in [1.54, 1.807) is 6.92 Å². The van der Waals surface area contributed by atoms with Gasteiger partial charge >= 0.3 is 0 Å². The summed E-state index contributed by atoms with van der Waals surface area (Å²) in [6, 6.07) is 17.1. The highest BCUT2D eigenvalue weighted by molar-refractivity contribution is 5.80. The Morgan fingerprint density at radius 3 is 2.76 bits per heavy atom. The Labute approximate surface area is 145 Å². The summed E-state index contributed by atoms with van der Waals surface area (Å²) < 4.78 is 10.8.